The molecule has 122 valence electrons. The van der Waals surface area contributed by atoms with E-state index >= 15 is 0 Å². The first kappa shape index (κ1) is 16.7. The summed E-state index contributed by atoms with van der Waals surface area (Å²) in [6.07, 6.45) is 3.77. The summed E-state index contributed by atoms with van der Waals surface area (Å²) in [6.45, 7) is 7.20. The molecule has 0 aliphatic carbocycles. The molecule has 0 aromatic rings. The second-order valence-electron chi connectivity index (χ2n) is 7.03. The molecule has 2 saturated heterocycles. The highest BCUT2D eigenvalue weighted by atomic mass is 32.2. The summed E-state index contributed by atoms with van der Waals surface area (Å²) in [6, 6.07) is 0.973. The number of piperidine rings is 1. The zero-order valence-corrected chi connectivity index (χ0v) is 14.2. The van der Waals surface area contributed by atoms with Crippen LogP contribution in [0.5, 0.6) is 0 Å². The summed E-state index contributed by atoms with van der Waals surface area (Å²) in [5.41, 5.74) is -0.427. The van der Waals surface area contributed by atoms with Crippen molar-refractivity contribution in [3.05, 3.63) is 0 Å². The topological polar surface area (TPSA) is 58.6 Å². The minimum Gasteiger partial charge on any atom is -0.444 e. The largest absolute Gasteiger partial charge is 0.444 e. The van der Waals surface area contributed by atoms with Crippen LogP contribution < -0.4 is 5.32 Å². The van der Waals surface area contributed by atoms with Gasteiger partial charge in [-0.25, -0.2) is 4.79 Å². The highest BCUT2D eigenvalue weighted by molar-refractivity contribution is 7.85. The van der Waals surface area contributed by atoms with Crippen LogP contribution in [0.15, 0.2) is 0 Å². The second kappa shape index (κ2) is 7.09. The molecule has 6 heteroatoms. The number of ether oxygens (including phenoxy) is 1. The van der Waals surface area contributed by atoms with Crippen molar-refractivity contribution >= 4 is 16.9 Å². The van der Waals surface area contributed by atoms with Gasteiger partial charge in [-0.1, -0.05) is 0 Å². The van der Waals surface area contributed by atoms with Crippen molar-refractivity contribution in [2.24, 2.45) is 0 Å². The Morgan fingerprint density at radius 3 is 2.14 bits per heavy atom. The predicted octanol–water partition coefficient (Wildman–Crippen LogP) is 1.89. The van der Waals surface area contributed by atoms with Gasteiger partial charge < -0.3 is 15.0 Å². The third-order valence-electron chi connectivity index (χ3n) is 4.01. The Morgan fingerprint density at radius 2 is 1.62 bits per heavy atom. The molecule has 0 atom stereocenters. The van der Waals surface area contributed by atoms with E-state index in [2.05, 4.69) is 5.32 Å². The first-order valence-corrected chi connectivity index (χ1v) is 9.41. The first-order valence-electron chi connectivity index (χ1n) is 7.92. The molecule has 0 aromatic heterocycles. The Labute approximate surface area is 130 Å². The molecular formula is C15H28N2O3S. The van der Waals surface area contributed by atoms with Gasteiger partial charge in [-0.2, -0.15) is 0 Å². The smallest absolute Gasteiger partial charge is 0.410 e. The lowest BCUT2D eigenvalue weighted by molar-refractivity contribution is 0.0195. The number of carbonyl (C=O) groups is 1. The maximum Gasteiger partial charge on any atom is 0.410 e. The number of hydrogen-bond donors (Lipinski definition) is 1. The van der Waals surface area contributed by atoms with Crippen LogP contribution in [0.3, 0.4) is 0 Å². The van der Waals surface area contributed by atoms with Crippen molar-refractivity contribution in [2.75, 3.05) is 24.6 Å². The van der Waals surface area contributed by atoms with E-state index in [-0.39, 0.29) is 6.09 Å². The van der Waals surface area contributed by atoms with E-state index in [4.69, 9.17) is 4.74 Å². The fraction of sp³-hybridized carbons (Fsp3) is 0.933. The van der Waals surface area contributed by atoms with E-state index in [0.717, 1.165) is 50.3 Å². The van der Waals surface area contributed by atoms with Gasteiger partial charge in [-0.3, -0.25) is 4.21 Å². The quantitative estimate of drug-likeness (QED) is 0.845. The molecule has 0 spiro atoms. The third-order valence-corrected chi connectivity index (χ3v) is 5.39. The molecule has 5 nitrogen and oxygen atoms in total. The van der Waals surface area contributed by atoms with Gasteiger partial charge in [-0.05, 0) is 46.5 Å². The monoisotopic (exact) mass is 316 g/mol. The van der Waals surface area contributed by atoms with Crippen molar-refractivity contribution in [1.82, 2.24) is 10.2 Å². The Kier molecular flexibility index (Phi) is 5.66. The van der Waals surface area contributed by atoms with Crippen LogP contribution in [0.4, 0.5) is 4.79 Å². The van der Waals surface area contributed by atoms with Gasteiger partial charge in [0.15, 0.2) is 0 Å². The zero-order chi connectivity index (χ0) is 15.5. The average Bonchev–Trinajstić information content (AvgIpc) is 2.40. The second-order valence-corrected chi connectivity index (χ2v) is 8.73. The molecular weight excluding hydrogens is 288 g/mol. The lowest BCUT2D eigenvalue weighted by atomic mass is 10.0. The molecule has 2 aliphatic rings. The number of rotatable bonds is 2. The lowest BCUT2D eigenvalue weighted by Crippen LogP contribution is -2.49. The van der Waals surface area contributed by atoms with Gasteiger partial charge >= 0.3 is 6.09 Å². The first-order chi connectivity index (χ1) is 9.83. The number of hydrogen-bond acceptors (Lipinski definition) is 4. The molecule has 2 heterocycles. The van der Waals surface area contributed by atoms with Gasteiger partial charge in [-0.15, -0.1) is 0 Å². The van der Waals surface area contributed by atoms with Crippen molar-refractivity contribution < 1.29 is 13.7 Å². The molecule has 0 saturated carbocycles. The summed E-state index contributed by atoms with van der Waals surface area (Å²) in [4.78, 5) is 13.8. The summed E-state index contributed by atoms with van der Waals surface area (Å²) in [7, 11) is -0.599. The van der Waals surface area contributed by atoms with Gasteiger partial charge in [0.1, 0.15) is 5.60 Å². The molecule has 1 amide bonds. The van der Waals surface area contributed by atoms with Crippen molar-refractivity contribution in [3.8, 4) is 0 Å². The third kappa shape index (κ3) is 5.58. The lowest BCUT2D eigenvalue weighted by Gasteiger charge is -2.36. The van der Waals surface area contributed by atoms with Crippen LogP contribution >= 0.6 is 0 Å². The molecule has 1 N–H and O–H groups in total. The molecule has 0 bridgehead atoms. The summed E-state index contributed by atoms with van der Waals surface area (Å²) < 4.78 is 16.8. The van der Waals surface area contributed by atoms with Crippen LogP contribution in [0.1, 0.15) is 46.5 Å². The van der Waals surface area contributed by atoms with E-state index in [0.29, 0.717) is 12.1 Å². The maximum absolute atomic E-state index is 12.0. The summed E-state index contributed by atoms with van der Waals surface area (Å²) >= 11 is 0. The molecule has 0 aromatic carbocycles. The van der Waals surface area contributed by atoms with E-state index in [9.17, 15) is 9.00 Å². The Balaban J connectivity index is 1.71. The average molecular weight is 316 g/mol. The summed E-state index contributed by atoms with van der Waals surface area (Å²) in [5.74, 6) is 1.66. The van der Waals surface area contributed by atoms with E-state index in [1.54, 1.807) is 4.90 Å². The number of likely N-dealkylation sites (tertiary alicyclic amines) is 1. The number of carbonyl (C=O) groups excluding carboxylic acids is 1. The molecule has 2 fully saturated rings. The van der Waals surface area contributed by atoms with Crippen LogP contribution in [-0.2, 0) is 15.5 Å². The van der Waals surface area contributed by atoms with E-state index < -0.39 is 16.4 Å². The van der Waals surface area contributed by atoms with Crippen LogP contribution in [0, 0.1) is 0 Å². The Bertz CT molecular complexity index is 377. The maximum atomic E-state index is 12.0. The zero-order valence-electron chi connectivity index (χ0n) is 13.4. The van der Waals surface area contributed by atoms with E-state index in [1.165, 1.54) is 0 Å². The molecule has 2 aliphatic heterocycles. The number of nitrogens with one attached hydrogen (secondary N) is 1. The van der Waals surface area contributed by atoms with Crippen LogP contribution in [0.2, 0.25) is 0 Å². The highest BCUT2D eigenvalue weighted by Gasteiger charge is 2.28. The van der Waals surface area contributed by atoms with Crippen molar-refractivity contribution in [3.63, 3.8) is 0 Å². The normalized spacial score (nSPS) is 28.4. The fourth-order valence-corrected chi connectivity index (χ4v) is 4.15. The van der Waals surface area contributed by atoms with Crippen molar-refractivity contribution in [1.29, 1.82) is 0 Å². The summed E-state index contributed by atoms with van der Waals surface area (Å²) in [5, 5.41) is 3.67. The molecule has 21 heavy (non-hydrogen) atoms. The SMILES string of the molecule is CC(C)(C)OC(=O)N1CCC(NC2CCS(=O)CC2)CC1. The Morgan fingerprint density at radius 1 is 1.10 bits per heavy atom. The molecule has 2 rings (SSSR count). The minimum absolute atomic E-state index is 0.200. The fourth-order valence-electron chi connectivity index (χ4n) is 2.85. The van der Waals surface area contributed by atoms with Crippen molar-refractivity contribution in [2.45, 2.75) is 64.1 Å². The van der Waals surface area contributed by atoms with Crippen LogP contribution in [-0.4, -0.2) is 57.5 Å². The van der Waals surface area contributed by atoms with Gasteiger partial charge in [0, 0.05) is 47.5 Å². The molecule has 0 radical (unpaired) electrons. The van der Waals surface area contributed by atoms with Gasteiger partial charge in [0.2, 0.25) is 0 Å². The minimum atomic E-state index is -0.599. The van der Waals surface area contributed by atoms with Gasteiger partial charge in [0.25, 0.3) is 0 Å². The highest BCUT2D eigenvalue weighted by Crippen LogP contribution is 2.17. The Hall–Kier alpha value is -0.620. The predicted molar refractivity (Wildman–Crippen MR) is 84.9 cm³/mol. The van der Waals surface area contributed by atoms with E-state index in [1.807, 2.05) is 20.8 Å². The number of amides is 1. The standard InChI is InChI=1S/C15H28N2O3S/c1-15(2,3)20-14(18)17-8-4-12(5-9-17)16-13-6-10-21(19)11-7-13/h12-13,16H,4-11H2,1-3H3. The molecule has 0 unspecified atom stereocenters. The van der Waals surface area contributed by atoms with Crippen LogP contribution in [0.25, 0.3) is 0 Å². The number of nitrogens with zero attached hydrogens (tertiary/aromatic N) is 1. The van der Waals surface area contributed by atoms with Gasteiger partial charge in [0.05, 0.1) is 0 Å².